The minimum atomic E-state index is -0.735. The fourth-order valence-corrected chi connectivity index (χ4v) is 16.1. The van der Waals surface area contributed by atoms with E-state index in [0.29, 0.717) is 46.3 Å². The van der Waals surface area contributed by atoms with Crippen LogP contribution in [0.25, 0.3) is 5.00 Å². The molecule has 3 aliphatic heterocycles. The van der Waals surface area contributed by atoms with Crippen molar-refractivity contribution < 1.29 is 23.6 Å². The number of anilines is 2. The minimum absolute atomic E-state index is 0.00538. The lowest BCUT2D eigenvalue weighted by molar-refractivity contribution is -0.121. The van der Waals surface area contributed by atoms with Crippen LogP contribution in [-0.4, -0.2) is 126 Å². The van der Waals surface area contributed by atoms with Crippen LogP contribution in [0, 0.1) is 51.3 Å². The molecule has 3 unspecified atom stereocenters. The number of aromatic nitrogens is 3. The van der Waals surface area contributed by atoms with E-state index in [1.165, 1.54) is 4.88 Å². The van der Waals surface area contributed by atoms with Gasteiger partial charge in [-0.05, 0) is 148 Å². The number of benzene rings is 4. The number of rotatable bonds is 19. The highest BCUT2D eigenvalue weighted by Crippen LogP contribution is 2.60. The number of hydrogen-bond acceptors (Lipinski definition) is 12. The molecule has 6 aromatic rings. The minimum Gasteiger partial charge on any atom is -0.388 e. The second kappa shape index (κ2) is 27.0. The molecule has 1 saturated carbocycles. The monoisotopic (exact) mass is 1220 g/mol. The number of carbonyl (C=O) groups excluding carboxylic acids is 4. The summed E-state index contributed by atoms with van der Waals surface area (Å²) in [6.45, 7) is 30.2. The summed E-state index contributed by atoms with van der Waals surface area (Å²) in [7, 11) is 1.93. The van der Waals surface area contributed by atoms with E-state index in [4.69, 9.17) is 21.4 Å². The molecule has 1 spiro atoms. The van der Waals surface area contributed by atoms with Crippen molar-refractivity contribution in [2.45, 2.75) is 150 Å². The number of thiophene rings is 1. The van der Waals surface area contributed by atoms with Crippen LogP contribution in [0.1, 0.15) is 164 Å². The zero-order valence-corrected chi connectivity index (χ0v) is 54.4. The predicted molar refractivity (Wildman–Crippen MR) is 350 cm³/mol. The Kier molecular flexibility index (Phi) is 20.1. The Morgan fingerprint density at radius 2 is 1.54 bits per heavy atom. The van der Waals surface area contributed by atoms with Crippen molar-refractivity contribution in [1.29, 1.82) is 0 Å². The number of halogens is 2. The molecule has 4 atom stereocenters. The SMILES string of the molecule is C=O.CNc1cc(C)ccc1C1(C)[C@H](c2cccc(C)c2F)C(C(=O)Nc2ccc(C(=O)NCC(C)(C)CC(C)(C)CN3CCN(CCCNC(=O)CC4N=C(c5ccc(Cl)cc5)c5c(sc(C)c5C)-n5c(C)nnc54)CC3)cc2)NC12CCCCC2. The van der Waals surface area contributed by atoms with E-state index in [1.807, 2.05) is 57.2 Å². The van der Waals surface area contributed by atoms with Gasteiger partial charge in [0, 0.05) is 108 Å². The summed E-state index contributed by atoms with van der Waals surface area (Å²) in [6.07, 6.45) is 6.81. The number of aryl methyl sites for hydroxylation is 4. The molecule has 2 aromatic heterocycles. The van der Waals surface area contributed by atoms with E-state index in [2.05, 4.69) is 125 Å². The van der Waals surface area contributed by atoms with Crippen molar-refractivity contribution in [3.05, 3.63) is 157 Å². The molecule has 4 aliphatic rings. The highest BCUT2D eigenvalue weighted by atomic mass is 35.5. The number of carbonyl (C=O) groups is 4. The van der Waals surface area contributed by atoms with Gasteiger partial charge >= 0.3 is 0 Å². The van der Waals surface area contributed by atoms with Gasteiger partial charge < -0.3 is 35.9 Å². The molecule has 3 amide bonds. The summed E-state index contributed by atoms with van der Waals surface area (Å²) in [4.78, 5) is 61.7. The van der Waals surface area contributed by atoms with Gasteiger partial charge in [-0.25, -0.2) is 4.39 Å². The summed E-state index contributed by atoms with van der Waals surface area (Å²) >= 11 is 8.00. The van der Waals surface area contributed by atoms with Crippen LogP contribution in [0.15, 0.2) is 89.9 Å². The first kappa shape index (κ1) is 64.8. The Morgan fingerprint density at radius 1 is 0.851 bits per heavy atom. The molecule has 10 rings (SSSR count). The molecule has 15 nitrogen and oxygen atoms in total. The maximum absolute atomic E-state index is 16.6. The summed E-state index contributed by atoms with van der Waals surface area (Å²) in [5.41, 5.74) is 8.06. The molecule has 1 aliphatic carbocycles. The second-order valence-electron chi connectivity index (χ2n) is 26.4. The number of nitrogens with zero attached hydrogens (tertiary/aromatic N) is 6. The number of nitrogens with one attached hydrogen (secondary N) is 5. The van der Waals surface area contributed by atoms with E-state index >= 15 is 4.39 Å². The third-order valence-electron chi connectivity index (χ3n) is 18.9. The van der Waals surface area contributed by atoms with Gasteiger partial charge in [0.05, 0.1) is 18.2 Å². The molecule has 3 fully saturated rings. The van der Waals surface area contributed by atoms with E-state index in [-0.39, 0.29) is 40.8 Å². The van der Waals surface area contributed by atoms with E-state index < -0.39 is 29.0 Å². The smallest absolute Gasteiger partial charge is 0.251 e. The van der Waals surface area contributed by atoms with Crippen molar-refractivity contribution in [2.24, 2.45) is 15.8 Å². The number of hydrogen-bond donors (Lipinski definition) is 5. The topological polar surface area (TPSA) is 178 Å². The molecule has 5 heterocycles. The summed E-state index contributed by atoms with van der Waals surface area (Å²) in [6, 6.07) is 25.6. The molecule has 18 heteroatoms. The van der Waals surface area contributed by atoms with Gasteiger partial charge in [-0.1, -0.05) is 108 Å². The number of piperazine rings is 1. The van der Waals surface area contributed by atoms with Crippen LogP contribution in [0.3, 0.4) is 0 Å². The quantitative estimate of drug-likeness (QED) is 0.0490. The Labute approximate surface area is 523 Å². The molecule has 2 saturated heterocycles. The van der Waals surface area contributed by atoms with Gasteiger partial charge in [0.15, 0.2) is 5.82 Å². The van der Waals surface area contributed by atoms with Crippen LogP contribution in [0.4, 0.5) is 15.8 Å². The fourth-order valence-electron chi connectivity index (χ4n) is 14.8. The first-order valence-corrected chi connectivity index (χ1v) is 32.1. The highest BCUT2D eigenvalue weighted by molar-refractivity contribution is 7.15. The van der Waals surface area contributed by atoms with Crippen LogP contribution in [0.5, 0.6) is 0 Å². The molecular formula is C69H89ClFN11O4S. The molecule has 0 radical (unpaired) electrons. The Morgan fingerprint density at radius 3 is 2.23 bits per heavy atom. The standard InChI is InChI=1S/C68H87ClFN11O3S.CH2O/c1-42-19-28-52(53(37-42)71-11)67(10)57(51-18-15-17-43(2)58(51)70)60(76-68(67)29-13-12-14-30-68)63(84)74-50-26-22-48(23-27-50)62(83)73-40-65(6,7)39-66(8,9)41-80-35-33-79(34-36-80)32-16-31-72-55(82)38-54-61-78-77-46(5)81(61)64-56(44(3)45(4)85-64)59(75-54)47-20-24-49(69)25-21-47;1-2/h15,17-28,37,54,57,60,71,76H,12-14,16,29-36,38-41H2,1-11H3,(H,72,82)(H,73,83)(H,74,84);1H2/t54?,57-,60?,67?;/m1./s1. The van der Waals surface area contributed by atoms with E-state index in [1.54, 1.807) is 48.6 Å². The van der Waals surface area contributed by atoms with Crippen molar-refractivity contribution >= 4 is 64.5 Å². The van der Waals surface area contributed by atoms with Crippen LogP contribution >= 0.6 is 22.9 Å². The van der Waals surface area contributed by atoms with Gasteiger partial charge in [0.25, 0.3) is 5.91 Å². The van der Waals surface area contributed by atoms with Crippen LogP contribution < -0.4 is 26.6 Å². The lowest BCUT2D eigenvalue weighted by Gasteiger charge is -2.49. The summed E-state index contributed by atoms with van der Waals surface area (Å²) < 4.78 is 18.7. The van der Waals surface area contributed by atoms with Gasteiger partial charge in [0.1, 0.15) is 29.5 Å². The average Bonchev–Trinajstić information content (AvgIpc) is 1.61. The van der Waals surface area contributed by atoms with Crippen LogP contribution in [0.2, 0.25) is 5.02 Å². The van der Waals surface area contributed by atoms with Crippen molar-refractivity contribution in [3.63, 3.8) is 0 Å². The van der Waals surface area contributed by atoms with Crippen molar-refractivity contribution in [3.8, 4) is 5.00 Å². The molecular weight excluding hydrogens is 1130 g/mol. The van der Waals surface area contributed by atoms with E-state index in [9.17, 15) is 14.4 Å². The number of fused-ring (bicyclic) bond motifs is 3. The Bertz CT molecular complexity index is 3470. The second-order valence-corrected chi connectivity index (χ2v) is 28.0. The zero-order valence-electron chi connectivity index (χ0n) is 52.8. The van der Waals surface area contributed by atoms with Gasteiger partial charge in [-0.15, -0.1) is 21.5 Å². The lowest BCUT2D eigenvalue weighted by Crippen LogP contribution is -2.56. The Hall–Kier alpha value is -6.63. The maximum Gasteiger partial charge on any atom is 0.251 e. The highest BCUT2D eigenvalue weighted by Gasteiger charge is 2.64. The predicted octanol–water partition coefficient (Wildman–Crippen LogP) is 12.2. The third kappa shape index (κ3) is 13.8. The zero-order chi connectivity index (χ0) is 62.6. The molecule has 4 aromatic carbocycles. The fraction of sp³-hybridized carbons (Fsp3) is 0.493. The van der Waals surface area contributed by atoms with Gasteiger partial charge in [-0.3, -0.25) is 29.3 Å². The first-order valence-electron chi connectivity index (χ1n) is 30.9. The third-order valence-corrected chi connectivity index (χ3v) is 20.3. The normalized spacial score (nSPS) is 20.3. The lowest BCUT2D eigenvalue weighted by atomic mass is 9.56. The number of aliphatic imine (C=N–C) groups is 1. The number of amides is 3. The largest absolute Gasteiger partial charge is 0.388 e. The van der Waals surface area contributed by atoms with Crippen LogP contribution in [-0.2, 0) is 19.8 Å². The van der Waals surface area contributed by atoms with Gasteiger partial charge in [-0.2, -0.15) is 0 Å². The summed E-state index contributed by atoms with van der Waals surface area (Å²) in [5, 5.41) is 27.6. The molecule has 5 N–H and O–H groups in total. The van der Waals surface area contributed by atoms with Crippen molar-refractivity contribution in [1.82, 2.24) is 40.5 Å². The van der Waals surface area contributed by atoms with Gasteiger partial charge in [0.2, 0.25) is 11.8 Å². The molecule has 464 valence electrons. The van der Waals surface area contributed by atoms with Crippen molar-refractivity contribution in [2.75, 3.05) is 70.0 Å². The summed E-state index contributed by atoms with van der Waals surface area (Å²) in [5.74, 6) is 0.180. The first-order chi connectivity index (χ1) is 41.5. The Balaban J connectivity index is 0.00000447. The maximum atomic E-state index is 16.6. The van der Waals surface area contributed by atoms with E-state index in [0.717, 1.165) is 134 Å². The molecule has 87 heavy (non-hydrogen) atoms. The average molecular weight is 1220 g/mol. The molecule has 0 bridgehead atoms.